The van der Waals surface area contributed by atoms with Crippen LogP contribution in [0.15, 0.2) is 41.3 Å². The zero-order valence-corrected chi connectivity index (χ0v) is 24.0. The fraction of sp³-hybridized carbons (Fsp3) is 0.462. The van der Waals surface area contributed by atoms with E-state index in [9.17, 15) is 13.2 Å². The first-order chi connectivity index (χ1) is 18.1. The lowest BCUT2D eigenvalue weighted by atomic mass is 10.2. The highest BCUT2D eigenvalue weighted by Gasteiger charge is 2.28. The highest BCUT2D eigenvalue weighted by molar-refractivity contribution is 7.89. The third-order valence-electron chi connectivity index (χ3n) is 6.44. The van der Waals surface area contributed by atoms with Gasteiger partial charge in [-0.2, -0.15) is 4.31 Å². The van der Waals surface area contributed by atoms with Crippen molar-refractivity contribution < 1.29 is 27.4 Å². The topological polar surface area (TPSA) is 102 Å². The van der Waals surface area contributed by atoms with E-state index in [1.807, 2.05) is 25.1 Å². The third kappa shape index (κ3) is 5.94. The van der Waals surface area contributed by atoms with Gasteiger partial charge < -0.3 is 19.1 Å². The number of sulfonamides is 1. The Bertz CT molecular complexity index is 1330. The molecule has 4 rings (SSSR count). The Morgan fingerprint density at radius 2 is 1.74 bits per heavy atom. The van der Waals surface area contributed by atoms with Gasteiger partial charge in [-0.1, -0.05) is 11.3 Å². The van der Waals surface area contributed by atoms with Crippen LogP contribution >= 0.6 is 11.3 Å². The lowest BCUT2D eigenvalue weighted by Crippen LogP contribution is -2.37. The number of carbonyl (C=O) groups excluding carboxylic acids is 1. The number of thiazole rings is 1. The number of amides is 1. The molecular formula is C26H34N4O6S2. The Balaban J connectivity index is 1.62. The molecular weight excluding hydrogens is 528 g/mol. The van der Waals surface area contributed by atoms with Crippen molar-refractivity contribution in [1.82, 2.24) is 14.2 Å². The van der Waals surface area contributed by atoms with Crippen LogP contribution in [0.3, 0.4) is 0 Å². The van der Waals surface area contributed by atoms with Crippen molar-refractivity contribution in [1.29, 1.82) is 0 Å². The van der Waals surface area contributed by atoms with Gasteiger partial charge in [0.2, 0.25) is 10.0 Å². The standard InChI is InChI=1S/C26H34N4O6S2/c1-28(2)14-15-30(26-27-23-21(34-4)12-13-22(35-5)24(23)37-26)25(31)18-8-10-20(11-9-18)38(32,33)29(3)17-19-7-6-16-36-19/h8-13,19H,6-7,14-17H2,1-5H3. The number of aromatic nitrogens is 1. The van der Waals surface area contributed by atoms with Crippen LogP contribution in [0.4, 0.5) is 5.13 Å². The minimum Gasteiger partial charge on any atom is -0.495 e. The molecule has 0 spiro atoms. The molecule has 1 fully saturated rings. The van der Waals surface area contributed by atoms with Gasteiger partial charge in [-0.05, 0) is 63.3 Å². The highest BCUT2D eigenvalue weighted by Crippen LogP contribution is 2.40. The van der Waals surface area contributed by atoms with Gasteiger partial charge in [0.05, 0.1) is 25.2 Å². The van der Waals surface area contributed by atoms with Gasteiger partial charge in [0.25, 0.3) is 5.91 Å². The summed E-state index contributed by atoms with van der Waals surface area (Å²) in [7, 11) is 4.86. The minimum absolute atomic E-state index is 0.0908. The van der Waals surface area contributed by atoms with Gasteiger partial charge in [0, 0.05) is 38.9 Å². The zero-order valence-electron chi connectivity index (χ0n) is 22.3. The van der Waals surface area contributed by atoms with E-state index < -0.39 is 10.0 Å². The van der Waals surface area contributed by atoms with Crippen LogP contribution in [0, 0.1) is 0 Å². The second-order valence-corrected chi connectivity index (χ2v) is 12.4. The molecule has 1 aliphatic rings. The number of rotatable bonds is 11. The van der Waals surface area contributed by atoms with Crippen LogP contribution in [0.1, 0.15) is 23.2 Å². The van der Waals surface area contributed by atoms with Crippen molar-refractivity contribution >= 4 is 42.6 Å². The van der Waals surface area contributed by atoms with Crippen LogP contribution in [0.5, 0.6) is 11.5 Å². The third-order valence-corrected chi connectivity index (χ3v) is 9.37. The molecule has 3 aromatic rings. The van der Waals surface area contributed by atoms with Gasteiger partial charge in [-0.15, -0.1) is 0 Å². The number of ether oxygens (including phenoxy) is 3. The largest absolute Gasteiger partial charge is 0.495 e. The molecule has 1 aromatic heterocycles. The molecule has 0 bridgehead atoms. The molecule has 12 heteroatoms. The first kappa shape index (κ1) is 28.2. The molecule has 0 saturated carbocycles. The fourth-order valence-electron chi connectivity index (χ4n) is 4.25. The Kier molecular flexibility index (Phi) is 8.89. The van der Waals surface area contributed by atoms with Crippen LogP contribution in [-0.4, -0.2) is 96.2 Å². The number of carbonyl (C=O) groups is 1. The predicted molar refractivity (Wildman–Crippen MR) is 148 cm³/mol. The van der Waals surface area contributed by atoms with Crippen LogP contribution in [0.25, 0.3) is 10.2 Å². The number of methoxy groups -OCH3 is 2. The van der Waals surface area contributed by atoms with Crippen molar-refractivity contribution in [2.45, 2.75) is 23.8 Å². The summed E-state index contributed by atoms with van der Waals surface area (Å²) in [5.74, 6) is 0.955. The van der Waals surface area contributed by atoms with Gasteiger partial charge in [0.15, 0.2) is 5.13 Å². The summed E-state index contributed by atoms with van der Waals surface area (Å²) in [5, 5.41) is 0.502. The van der Waals surface area contributed by atoms with Crippen molar-refractivity contribution in [2.75, 3.05) is 66.5 Å². The Labute approximate surface area is 227 Å². The summed E-state index contributed by atoms with van der Waals surface area (Å²) < 4.78 is 44.8. The Morgan fingerprint density at radius 3 is 2.34 bits per heavy atom. The van der Waals surface area contributed by atoms with E-state index in [-0.39, 0.29) is 16.9 Å². The molecule has 0 radical (unpaired) electrons. The summed E-state index contributed by atoms with van der Waals surface area (Å²) in [6.45, 7) is 1.96. The molecule has 0 N–H and O–H groups in total. The molecule has 0 aliphatic carbocycles. The van der Waals surface area contributed by atoms with Crippen LogP contribution in [0.2, 0.25) is 0 Å². The summed E-state index contributed by atoms with van der Waals surface area (Å²) in [5.41, 5.74) is 0.980. The first-order valence-corrected chi connectivity index (χ1v) is 14.6. The number of benzene rings is 2. The van der Waals surface area contributed by atoms with Crippen LogP contribution < -0.4 is 14.4 Å². The molecule has 2 heterocycles. The normalized spacial score (nSPS) is 15.9. The van der Waals surface area contributed by atoms with E-state index in [2.05, 4.69) is 0 Å². The molecule has 38 heavy (non-hydrogen) atoms. The summed E-state index contributed by atoms with van der Waals surface area (Å²) in [6, 6.07) is 9.64. The van der Waals surface area contributed by atoms with Gasteiger partial charge >= 0.3 is 0 Å². The second-order valence-electron chi connectivity index (χ2n) is 9.35. The molecule has 206 valence electrons. The average molecular weight is 563 g/mol. The van der Waals surface area contributed by atoms with E-state index in [4.69, 9.17) is 19.2 Å². The number of anilines is 1. The number of fused-ring (bicyclic) bond motifs is 1. The summed E-state index contributed by atoms with van der Waals surface area (Å²) in [4.78, 5) is 22.2. The van der Waals surface area contributed by atoms with Crippen molar-refractivity contribution in [3.05, 3.63) is 42.0 Å². The van der Waals surface area contributed by atoms with E-state index in [0.29, 0.717) is 54.0 Å². The Morgan fingerprint density at radius 1 is 1.05 bits per heavy atom. The predicted octanol–water partition coefficient (Wildman–Crippen LogP) is 3.32. The monoisotopic (exact) mass is 562 g/mol. The second kappa shape index (κ2) is 12.0. The quantitative estimate of drug-likeness (QED) is 0.351. The number of likely N-dealkylation sites (N-methyl/N-ethyl adjacent to an activating group) is 2. The van der Waals surface area contributed by atoms with E-state index in [1.165, 1.54) is 27.8 Å². The lowest BCUT2D eigenvalue weighted by Gasteiger charge is -2.22. The molecule has 1 unspecified atom stereocenters. The zero-order chi connectivity index (χ0) is 27.4. The average Bonchev–Trinajstić information content (AvgIpc) is 3.58. The van der Waals surface area contributed by atoms with Gasteiger partial charge in [-0.25, -0.2) is 13.4 Å². The molecule has 1 aliphatic heterocycles. The van der Waals surface area contributed by atoms with E-state index >= 15 is 0 Å². The molecule has 2 aromatic carbocycles. The number of nitrogens with zero attached hydrogens (tertiary/aromatic N) is 4. The van der Waals surface area contributed by atoms with Crippen LogP contribution in [-0.2, 0) is 14.8 Å². The molecule has 1 saturated heterocycles. The minimum atomic E-state index is -3.71. The maximum Gasteiger partial charge on any atom is 0.260 e. The molecule has 1 atom stereocenters. The van der Waals surface area contributed by atoms with Crippen molar-refractivity contribution in [3.63, 3.8) is 0 Å². The van der Waals surface area contributed by atoms with Crippen molar-refractivity contribution in [3.8, 4) is 11.5 Å². The highest BCUT2D eigenvalue weighted by atomic mass is 32.2. The van der Waals surface area contributed by atoms with E-state index in [1.54, 1.807) is 44.4 Å². The molecule has 10 nitrogen and oxygen atoms in total. The van der Waals surface area contributed by atoms with Gasteiger partial charge in [0.1, 0.15) is 21.7 Å². The smallest absolute Gasteiger partial charge is 0.260 e. The number of hydrogen-bond acceptors (Lipinski definition) is 9. The molecule has 1 amide bonds. The van der Waals surface area contributed by atoms with Gasteiger partial charge in [-0.3, -0.25) is 9.69 Å². The van der Waals surface area contributed by atoms with Crippen molar-refractivity contribution in [2.24, 2.45) is 0 Å². The maximum atomic E-state index is 13.7. The summed E-state index contributed by atoms with van der Waals surface area (Å²) >= 11 is 1.34. The maximum absolute atomic E-state index is 13.7. The fourth-order valence-corrected chi connectivity index (χ4v) is 6.55. The number of hydrogen-bond donors (Lipinski definition) is 0. The van der Waals surface area contributed by atoms with E-state index in [0.717, 1.165) is 17.5 Å². The lowest BCUT2D eigenvalue weighted by molar-refractivity contribution is 0.0978. The SMILES string of the molecule is COc1ccc(OC)c2sc(N(CCN(C)C)C(=O)c3ccc(S(=O)(=O)N(C)CC4CCCO4)cc3)nc12. The Hall–Kier alpha value is -2.77. The first-order valence-electron chi connectivity index (χ1n) is 12.3. The summed E-state index contributed by atoms with van der Waals surface area (Å²) in [6.07, 6.45) is 1.69.